The third kappa shape index (κ3) is 3.17. The van der Waals surface area contributed by atoms with E-state index in [4.69, 9.17) is 0 Å². The largest absolute Gasteiger partial charge is 0.393 e. The van der Waals surface area contributed by atoms with Gasteiger partial charge >= 0.3 is 0 Å². The third-order valence-electron chi connectivity index (χ3n) is 4.82. The number of aryl methyl sites for hydroxylation is 1. The van der Waals surface area contributed by atoms with Crippen molar-refractivity contribution < 1.29 is 5.11 Å². The molecule has 0 bridgehead atoms. The van der Waals surface area contributed by atoms with Gasteiger partial charge < -0.3 is 19.7 Å². The topological polar surface area (TPSA) is 65.7 Å². The number of hydrogen-bond donors (Lipinski definition) is 2. The molecule has 0 spiro atoms. The van der Waals surface area contributed by atoms with E-state index in [0.29, 0.717) is 6.54 Å². The highest BCUT2D eigenvalue weighted by atomic mass is 16.3. The molecular formula is C19H23N5O. The number of aliphatic hydroxyl groups excluding tert-OH is 1. The summed E-state index contributed by atoms with van der Waals surface area (Å²) < 4.78 is 2.12. The number of nitrogens with zero attached hydrogens (tertiary/aromatic N) is 4. The number of nitrogens with one attached hydrogen (secondary N) is 1. The SMILES string of the molecule is Cc1cccn2c(CNc3cccnc3N3CCC(O)CC3)cnc12. The van der Waals surface area contributed by atoms with Crippen molar-refractivity contribution in [1.29, 1.82) is 0 Å². The van der Waals surface area contributed by atoms with Crippen LogP contribution in [0.3, 0.4) is 0 Å². The number of imidazole rings is 1. The molecule has 4 rings (SSSR count). The van der Waals surface area contributed by atoms with Gasteiger partial charge in [-0.25, -0.2) is 9.97 Å². The fourth-order valence-corrected chi connectivity index (χ4v) is 3.38. The molecule has 0 aromatic carbocycles. The van der Waals surface area contributed by atoms with Gasteiger partial charge in [-0.2, -0.15) is 0 Å². The lowest BCUT2D eigenvalue weighted by molar-refractivity contribution is 0.145. The first kappa shape index (κ1) is 15.9. The van der Waals surface area contributed by atoms with Crippen LogP contribution in [0.5, 0.6) is 0 Å². The Balaban J connectivity index is 1.54. The summed E-state index contributed by atoms with van der Waals surface area (Å²) >= 11 is 0. The Morgan fingerprint density at radius 2 is 2.04 bits per heavy atom. The van der Waals surface area contributed by atoms with Crippen LogP contribution >= 0.6 is 0 Å². The molecule has 0 atom stereocenters. The van der Waals surface area contributed by atoms with E-state index >= 15 is 0 Å². The molecule has 4 heterocycles. The average molecular weight is 337 g/mol. The molecule has 0 unspecified atom stereocenters. The van der Waals surface area contributed by atoms with Crippen LogP contribution in [0.15, 0.2) is 42.9 Å². The maximum Gasteiger partial charge on any atom is 0.151 e. The van der Waals surface area contributed by atoms with Crippen LogP contribution in [-0.4, -0.2) is 38.7 Å². The van der Waals surface area contributed by atoms with Crippen molar-refractivity contribution in [2.45, 2.75) is 32.4 Å². The predicted molar refractivity (Wildman–Crippen MR) is 98.9 cm³/mol. The smallest absolute Gasteiger partial charge is 0.151 e. The molecule has 3 aromatic rings. The summed E-state index contributed by atoms with van der Waals surface area (Å²) in [4.78, 5) is 11.3. The molecular weight excluding hydrogens is 314 g/mol. The third-order valence-corrected chi connectivity index (χ3v) is 4.82. The summed E-state index contributed by atoms with van der Waals surface area (Å²) in [5.41, 5.74) is 4.29. The minimum atomic E-state index is -0.183. The number of aliphatic hydroxyl groups is 1. The van der Waals surface area contributed by atoms with Gasteiger partial charge in [-0.15, -0.1) is 0 Å². The van der Waals surface area contributed by atoms with E-state index in [1.165, 1.54) is 5.56 Å². The van der Waals surface area contributed by atoms with Crippen molar-refractivity contribution in [3.8, 4) is 0 Å². The van der Waals surface area contributed by atoms with Gasteiger partial charge in [-0.1, -0.05) is 6.07 Å². The Morgan fingerprint density at radius 1 is 1.20 bits per heavy atom. The van der Waals surface area contributed by atoms with Crippen LogP contribution in [0, 0.1) is 6.92 Å². The fourth-order valence-electron chi connectivity index (χ4n) is 3.38. The second-order valence-electron chi connectivity index (χ2n) is 6.58. The van der Waals surface area contributed by atoms with Gasteiger partial charge in [0.2, 0.25) is 0 Å². The Labute approximate surface area is 147 Å². The zero-order valence-corrected chi connectivity index (χ0v) is 14.4. The van der Waals surface area contributed by atoms with Crippen molar-refractivity contribution in [1.82, 2.24) is 14.4 Å². The monoisotopic (exact) mass is 337 g/mol. The summed E-state index contributed by atoms with van der Waals surface area (Å²) in [5.74, 6) is 0.958. The molecule has 0 radical (unpaired) electrons. The number of fused-ring (bicyclic) bond motifs is 1. The Hall–Kier alpha value is -2.60. The molecule has 0 saturated carbocycles. The lowest BCUT2D eigenvalue weighted by Gasteiger charge is -2.31. The number of piperidine rings is 1. The van der Waals surface area contributed by atoms with E-state index in [1.54, 1.807) is 0 Å². The van der Waals surface area contributed by atoms with Crippen LogP contribution in [0.25, 0.3) is 5.65 Å². The molecule has 1 aliphatic rings. The molecule has 2 N–H and O–H groups in total. The minimum absolute atomic E-state index is 0.183. The summed E-state index contributed by atoms with van der Waals surface area (Å²) in [7, 11) is 0. The van der Waals surface area contributed by atoms with Gasteiger partial charge in [-0.05, 0) is 43.5 Å². The summed E-state index contributed by atoms with van der Waals surface area (Å²) in [6, 6.07) is 8.12. The number of anilines is 2. The van der Waals surface area contributed by atoms with E-state index in [2.05, 4.69) is 43.6 Å². The lowest BCUT2D eigenvalue weighted by Crippen LogP contribution is -2.36. The molecule has 6 nitrogen and oxygen atoms in total. The number of hydrogen-bond acceptors (Lipinski definition) is 5. The van der Waals surface area contributed by atoms with Gasteiger partial charge in [0.25, 0.3) is 0 Å². The summed E-state index contributed by atoms with van der Waals surface area (Å²) in [6.45, 7) is 4.42. The lowest BCUT2D eigenvalue weighted by atomic mass is 10.1. The molecule has 1 aliphatic heterocycles. The normalized spacial score (nSPS) is 15.7. The maximum atomic E-state index is 9.72. The van der Waals surface area contributed by atoms with Gasteiger partial charge in [0.15, 0.2) is 5.82 Å². The second kappa shape index (κ2) is 6.72. The van der Waals surface area contributed by atoms with Crippen molar-refractivity contribution in [2.24, 2.45) is 0 Å². The quantitative estimate of drug-likeness (QED) is 0.766. The van der Waals surface area contributed by atoms with Crippen molar-refractivity contribution in [2.75, 3.05) is 23.3 Å². The minimum Gasteiger partial charge on any atom is -0.393 e. The predicted octanol–water partition coefficient (Wildman–Crippen LogP) is 2.61. The van der Waals surface area contributed by atoms with Crippen molar-refractivity contribution in [3.63, 3.8) is 0 Å². The molecule has 6 heteroatoms. The van der Waals surface area contributed by atoms with Gasteiger partial charge in [-0.3, -0.25) is 0 Å². The van der Waals surface area contributed by atoms with E-state index in [-0.39, 0.29) is 6.10 Å². The van der Waals surface area contributed by atoms with Crippen molar-refractivity contribution in [3.05, 3.63) is 54.1 Å². The van der Waals surface area contributed by atoms with Crippen LogP contribution < -0.4 is 10.2 Å². The van der Waals surface area contributed by atoms with Crippen molar-refractivity contribution >= 4 is 17.2 Å². The zero-order chi connectivity index (χ0) is 17.2. The highest BCUT2D eigenvalue weighted by Gasteiger charge is 2.20. The first-order valence-corrected chi connectivity index (χ1v) is 8.76. The average Bonchev–Trinajstić information content (AvgIpc) is 3.06. The standard InChI is InChI=1S/C19H23N5O/c1-14-4-3-9-24-15(13-22-18(14)24)12-21-17-5-2-8-20-19(17)23-10-6-16(25)7-11-23/h2-5,8-9,13,16,21,25H,6-7,10-12H2,1H3. The first-order chi connectivity index (χ1) is 12.2. The van der Waals surface area contributed by atoms with E-state index in [0.717, 1.165) is 48.8 Å². The van der Waals surface area contributed by atoms with Crippen LogP contribution in [0.4, 0.5) is 11.5 Å². The van der Waals surface area contributed by atoms with Gasteiger partial charge in [0.05, 0.1) is 30.2 Å². The fraction of sp³-hybridized carbons (Fsp3) is 0.368. The van der Waals surface area contributed by atoms with Crippen LogP contribution in [0.1, 0.15) is 24.1 Å². The number of aromatic nitrogens is 3. The highest BCUT2D eigenvalue weighted by Crippen LogP contribution is 2.26. The van der Waals surface area contributed by atoms with Crippen LogP contribution in [-0.2, 0) is 6.54 Å². The summed E-state index contributed by atoms with van der Waals surface area (Å²) in [5, 5.41) is 13.2. The number of rotatable bonds is 4. The van der Waals surface area contributed by atoms with E-state index in [1.807, 2.05) is 30.7 Å². The Bertz CT molecular complexity index is 867. The van der Waals surface area contributed by atoms with E-state index in [9.17, 15) is 5.11 Å². The van der Waals surface area contributed by atoms with Gasteiger partial charge in [0, 0.05) is 25.5 Å². The number of pyridine rings is 2. The zero-order valence-electron chi connectivity index (χ0n) is 14.4. The molecule has 0 aliphatic carbocycles. The molecule has 3 aromatic heterocycles. The van der Waals surface area contributed by atoms with E-state index < -0.39 is 0 Å². The molecule has 1 saturated heterocycles. The second-order valence-corrected chi connectivity index (χ2v) is 6.58. The Morgan fingerprint density at radius 3 is 2.88 bits per heavy atom. The first-order valence-electron chi connectivity index (χ1n) is 8.76. The Kier molecular flexibility index (Phi) is 4.28. The van der Waals surface area contributed by atoms with Gasteiger partial charge in [0.1, 0.15) is 5.65 Å². The molecule has 25 heavy (non-hydrogen) atoms. The molecule has 1 fully saturated rings. The molecule has 0 amide bonds. The highest BCUT2D eigenvalue weighted by molar-refractivity contribution is 5.65. The summed E-state index contributed by atoms with van der Waals surface area (Å²) in [6.07, 6.45) is 7.19. The maximum absolute atomic E-state index is 9.72. The molecule has 130 valence electrons. The van der Waals surface area contributed by atoms with Crippen LogP contribution in [0.2, 0.25) is 0 Å².